The van der Waals surface area contributed by atoms with Crippen LogP contribution in [-0.2, 0) is 26.3 Å². The zero-order chi connectivity index (χ0) is 28.0. The van der Waals surface area contributed by atoms with E-state index in [2.05, 4.69) is 4.99 Å². The SMILES string of the molecule is Cc1cc(C=Nc2c(F)c(F)c(F)c(F)c2F)c(O)c(C(C)(c2ccccc2)c2ccccc2)c1.[Cl][Zr][Cl]. The van der Waals surface area contributed by atoms with E-state index < -0.39 is 61.0 Å². The van der Waals surface area contributed by atoms with Gasteiger partial charge >= 0.3 is 37.9 Å². The number of nitrogens with zero attached hydrogens (tertiary/aromatic N) is 1. The second kappa shape index (κ2) is 13.0. The van der Waals surface area contributed by atoms with Crippen molar-refractivity contribution < 1.29 is 47.9 Å². The molecule has 38 heavy (non-hydrogen) atoms. The van der Waals surface area contributed by atoms with Gasteiger partial charge in [0, 0.05) is 22.8 Å². The molecule has 0 radical (unpaired) electrons. The summed E-state index contributed by atoms with van der Waals surface area (Å²) in [7, 11) is 9.87. The number of aryl methyl sites for hydroxylation is 1. The summed E-state index contributed by atoms with van der Waals surface area (Å²) in [6.45, 7) is 3.69. The van der Waals surface area contributed by atoms with Gasteiger partial charge in [0.1, 0.15) is 11.4 Å². The molecule has 0 aliphatic rings. The molecule has 0 aliphatic carbocycles. The first-order chi connectivity index (χ1) is 18.1. The van der Waals surface area contributed by atoms with Gasteiger partial charge in [-0.2, -0.15) is 0 Å². The number of benzene rings is 4. The van der Waals surface area contributed by atoms with E-state index in [-0.39, 0.29) is 11.3 Å². The van der Waals surface area contributed by atoms with Crippen LogP contribution in [-0.4, -0.2) is 11.3 Å². The summed E-state index contributed by atoms with van der Waals surface area (Å²) in [6, 6.07) is 22.2. The Morgan fingerprint density at radius 3 is 1.63 bits per heavy atom. The molecule has 0 saturated heterocycles. The first-order valence-corrected chi connectivity index (χ1v) is 17.4. The Kier molecular flexibility index (Phi) is 10.3. The number of phenolic OH excluding ortho intramolecular Hbond substituents is 1. The summed E-state index contributed by atoms with van der Waals surface area (Å²) in [4.78, 5) is 3.53. The van der Waals surface area contributed by atoms with Crippen LogP contribution in [0.5, 0.6) is 5.75 Å². The van der Waals surface area contributed by atoms with Gasteiger partial charge in [-0.25, -0.2) is 26.9 Å². The maximum atomic E-state index is 14.1. The predicted octanol–water partition coefficient (Wildman–Crippen LogP) is 8.88. The fourth-order valence-corrected chi connectivity index (χ4v) is 4.15. The van der Waals surface area contributed by atoms with Crippen molar-refractivity contribution in [1.29, 1.82) is 0 Å². The van der Waals surface area contributed by atoms with Crippen LogP contribution in [0.15, 0.2) is 77.8 Å². The normalized spacial score (nSPS) is 11.3. The summed E-state index contributed by atoms with van der Waals surface area (Å²) in [5.74, 6) is -10.8. The second-order valence-corrected chi connectivity index (χ2v) is 12.1. The van der Waals surface area contributed by atoms with Gasteiger partial charge in [0.05, 0.1) is 0 Å². The van der Waals surface area contributed by atoms with Crippen LogP contribution in [0.25, 0.3) is 0 Å². The van der Waals surface area contributed by atoms with Crippen molar-refractivity contribution in [2.75, 3.05) is 0 Å². The summed E-state index contributed by atoms with van der Waals surface area (Å²) < 4.78 is 68.7. The third-order valence-electron chi connectivity index (χ3n) is 6.04. The second-order valence-electron chi connectivity index (χ2n) is 8.36. The van der Waals surface area contributed by atoms with Crippen LogP contribution >= 0.6 is 17.0 Å². The minimum atomic E-state index is -2.26. The number of halogens is 7. The van der Waals surface area contributed by atoms with Crippen molar-refractivity contribution in [3.8, 4) is 5.75 Å². The van der Waals surface area contributed by atoms with E-state index in [1.807, 2.05) is 67.6 Å². The summed E-state index contributed by atoms with van der Waals surface area (Å²) in [6.07, 6.45) is 0.889. The van der Waals surface area contributed by atoms with Crippen LogP contribution in [0.2, 0.25) is 0 Å². The van der Waals surface area contributed by atoms with E-state index in [1.54, 1.807) is 13.0 Å². The molecule has 4 aromatic rings. The fourth-order valence-electron chi connectivity index (χ4n) is 4.15. The Hall–Kier alpha value is -2.54. The molecule has 0 unspecified atom stereocenters. The molecule has 0 spiro atoms. The van der Waals surface area contributed by atoms with E-state index in [9.17, 15) is 27.1 Å². The molecule has 0 heterocycles. The third-order valence-corrected chi connectivity index (χ3v) is 6.04. The van der Waals surface area contributed by atoms with Gasteiger partial charge in [0.2, 0.25) is 5.82 Å². The zero-order valence-corrected chi connectivity index (χ0v) is 24.0. The summed E-state index contributed by atoms with van der Waals surface area (Å²) in [5.41, 5.74) is 0.791. The monoisotopic (exact) mass is 641 g/mol. The van der Waals surface area contributed by atoms with Crippen molar-refractivity contribution in [2.24, 2.45) is 4.99 Å². The Labute approximate surface area is 235 Å². The van der Waals surface area contributed by atoms with Crippen LogP contribution in [0.1, 0.15) is 34.7 Å². The van der Waals surface area contributed by atoms with Crippen LogP contribution in [0.3, 0.4) is 0 Å². The minimum absolute atomic E-state index is 0.0574. The van der Waals surface area contributed by atoms with Crippen LogP contribution in [0.4, 0.5) is 27.6 Å². The molecule has 2 nitrogen and oxygen atoms in total. The standard InChI is InChI=1S/C28H20F5NO.2ClH.Zr/c1-16-13-17(15-34-26-24(32)22(30)21(29)23(31)25(26)33)27(35)20(14-16)28(2,18-9-5-3-6-10-18)19-11-7-4-8-12-19;;;/h3-15,35H,1-2H3;2*1H;/q;;;+2/p-2. The molecule has 0 aromatic heterocycles. The average molecular weight is 644 g/mol. The van der Waals surface area contributed by atoms with Gasteiger partial charge < -0.3 is 5.11 Å². The van der Waals surface area contributed by atoms with Crippen LogP contribution in [0, 0.1) is 36.0 Å². The molecular weight excluding hydrogens is 623 g/mol. The van der Waals surface area contributed by atoms with Gasteiger partial charge in [-0.3, -0.25) is 0 Å². The quantitative estimate of drug-likeness (QED) is 0.0762. The molecule has 0 aliphatic heterocycles. The van der Waals surface area contributed by atoms with E-state index >= 15 is 0 Å². The van der Waals surface area contributed by atoms with E-state index in [1.165, 1.54) is 6.07 Å². The summed E-state index contributed by atoms with van der Waals surface area (Å²) in [5, 5.41) is 11.3. The van der Waals surface area contributed by atoms with E-state index in [0.29, 0.717) is 11.1 Å². The number of hydrogen-bond acceptors (Lipinski definition) is 2. The Bertz CT molecular complexity index is 1380. The molecule has 1 N–H and O–H groups in total. The zero-order valence-electron chi connectivity index (χ0n) is 20.0. The Morgan fingerprint density at radius 2 is 1.18 bits per heavy atom. The number of aliphatic imine (C=N–C) groups is 1. The van der Waals surface area contributed by atoms with E-state index in [0.717, 1.165) is 17.3 Å². The molecule has 4 rings (SSSR count). The van der Waals surface area contributed by atoms with E-state index in [4.69, 9.17) is 17.0 Å². The number of phenols is 1. The molecular formula is C28H20Cl2F5NOZr. The maximum absolute atomic E-state index is 14.1. The number of hydrogen-bond donors (Lipinski definition) is 1. The molecule has 4 aromatic carbocycles. The Morgan fingerprint density at radius 1 is 0.763 bits per heavy atom. The number of rotatable bonds is 5. The predicted molar refractivity (Wildman–Crippen MR) is 136 cm³/mol. The van der Waals surface area contributed by atoms with Gasteiger partial charge in [-0.05, 0) is 36.6 Å². The average Bonchev–Trinajstić information content (AvgIpc) is 2.93. The molecule has 0 atom stereocenters. The van der Waals surface area contributed by atoms with Crippen molar-refractivity contribution in [3.63, 3.8) is 0 Å². The molecule has 0 fully saturated rings. The van der Waals surface area contributed by atoms with Crippen molar-refractivity contribution >= 4 is 28.9 Å². The number of aromatic hydroxyl groups is 1. The fraction of sp³-hybridized carbons (Fsp3) is 0.107. The van der Waals surface area contributed by atoms with Gasteiger partial charge in [0.25, 0.3) is 0 Å². The molecule has 0 bridgehead atoms. The first kappa shape index (κ1) is 30.0. The molecule has 10 heteroatoms. The van der Waals surface area contributed by atoms with Crippen molar-refractivity contribution in [3.05, 3.63) is 130 Å². The van der Waals surface area contributed by atoms with Gasteiger partial charge in [-0.1, -0.05) is 66.7 Å². The summed E-state index contributed by atoms with van der Waals surface area (Å²) >= 11 is -0.826. The van der Waals surface area contributed by atoms with Crippen molar-refractivity contribution in [2.45, 2.75) is 19.3 Å². The Balaban J connectivity index is 0.00000127. The molecule has 0 amide bonds. The molecule has 0 saturated carbocycles. The van der Waals surface area contributed by atoms with Crippen molar-refractivity contribution in [1.82, 2.24) is 0 Å². The topological polar surface area (TPSA) is 32.6 Å². The third kappa shape index (κ3) is 6.03. The van der Waals surface area contributed by atoms with Crippen LogP contribution < -0.4 is 0 Å². The van der Waals surface area contributed by atoms with Gasteiger partial charge in [-0.15, -0.1) is 0 Å². The molecule has 196 valence electrons. The first-order valence-electron chi connectivity index (χ1n) is 11.0. The van der Waals surface area contributed by atoms with Gasteiger partial charge in [0.15, 0.2) is 23.3 Å².